The van der Waals surface area contributed by atoms with Gasteiger partial charge in [-0.25, -0.2) is 4.99 Å². The molecule has 0 radical (unpaired) electrons. The van der Waals surface area contributed by atoms with Gasteiger partial charge in [0.15, 0.2) is 10.9 Å². The average molecular weight is 308 g/mol. The first-order valence-electron chi connectivity index (χ1n) is 7.67. The van der Waals surface area contributed by atoms with Crippen LogP contribution < -0.4 is 5.32 Å². The Hall–Kier alpha value is -1.23. The van der Waals surface area contributed by atoms with Gasteiger partial charge in [0.2, 0.25) is 0 Å². The van der Waals surface area contributed by atoms with Crippen molar-refractivity contribution in [2.45, 2.75) is 64.8 Å². The van der Waals surface area contributed by atoms with Gasteiger partial charge in [-0.15, -0.1) is 0 Å². The van der Waals surface area contributed by atoms with E-state index in [1.54, 1.807) is 0 Å². The van der Waals surface area contributed by atoms with Gasteiger partial charge in [0.1, 0.15) is 5.76 Å². The average Bonchev–Trinajstić information content (AvgIpc) is 2.37. The van der Waals surface area contributed by atoms with Gasteiger partial charge in [0.25, 0.3) is 0 Å². The Morgan fingerprint density at radius 3 is 2.62 bits per heavy atom. The van der Waals surface area contributed by atoms with E-state index < -0.39 is 0 Å². The van der Waals surface area contributed by atoms with E-state index in [0.29, 0.717) is 29.6 Å². The van der Waals surface area contributed by atoms with E-state index in [1.807, 2.05) is 13.8 Å². The molecule has 0 bridgehead atoms. The lowest BCUT2D eigenvalue weighted by Gasteiger charge is -2.28. The topological polar surface area (TPSA) is 61.7 Å². The summed E-state index contributed by atoms with van der Waals surface area (Å²) in [6.07, 6.45) is 8.34. The fourth-order valence-corrected chi connectivity index (χ4v) is 3.25. The molecular formula is C16H24N2O2S. The Bertz CT molecular complexity index is 489. The van der Waals surface area contributed by atoms with Gasteiger partial charge in [-0.05, 0) is 30.5 Å². The van der Waals surface area contributed by atoms with E-state index in [9.17, 15) is 9.90 Å². The summed E-state index contributed by atoms with van der Waals surface area (Å²) in [5.74, 6) is 0.0634. The number of nitrogens with one attached hydrogen (secondary N) is 1. The Balaban J connectivity index is 1.96. The molecule has 0 amide bonds. The van der Waals surface area contributed by atoms with Crippen molar-refractivity contribution in [1.82, 2.24) is 5.32 Å². The number of aliphatic imine (C=N–C) groups is 1. The maximum Gasteiger partial charge on any atom is 0.192 e. The van der Waals surface area contributed by atoms with Crippen molar-refractivity contribution in [3.05, 3.63) is 11.3 Å². The molecule has 21 heavy (non-hydrogen) atoms. The van der Waals surface area contributed by atoms with E-state index in [-0.39, 0.29) is 17.0 Å². The van der Waals surface area contributed by atoms with Crippen LogP contribution in [0.1, 0.15) is 58.8 Å². The first kappa shape index (κ1) is 16.1. The van der Waals surface area contributed by atoms with E-state index >= 15 is 0 Å². The minimum Gasteiger partial charge on any atom is -0.511 e. The van der Waals surface area contributed by atoms with E-state index in [1.165, 1.54) is 25.5 Å². The monoisotopic (exact) mass is 308 g/mol. The Kier molecular flexibility index (Phi) is 5.14. The predicted octanol–water partition coefficient (Wildman–Crippen LogP) is 3.47. The first-order valence-corrected chi connectivity index (χ1v) is 8.08. The number of Topliss-reactive ketones (excluding diaryl/α,β-unsaturated/α-hetero) is 1. The first-order chi connectivity index (χ1) is 9.87. The number of thiocarbonyl (C=S) groups is 1. The maximum absolute atomic E-state index is 12.1. The summed E-state index contributed by atoms with van der Waals surface area (Å²) in [4.78, 5) is 16.2. The largest absolute Gasteiger partial charge is 0.511 e. The molecule has 0 aromatic heterocycles. The summed E-state index contributed by atoms with van der Waals surface area (Å²) in [5.41, 5.74) is 0.126. The highest BCUT2D eigenvalue weighted by Gasteiger charge is 2.32. The number of nitrogens with zero attached hydrogens (tertiary/aromatic N) is 1. The van der Waals surface area contributed by atoms with Gasteiger partial charge in [0, 0.05) is 25.1 Å². The summed E-state index contributed by atoms with van der Waals surface area (Å²) in [7, 11) is 0. The normalized spacial score (nSPS) is 23.6. The zero-order chi connectivity index (χ0) is 15.5. The molecule has 2 aliphatic carbocycles. The summed E-state index contributed by atoms with van der Waals surface area (Å²) >= 11 is 5.20. The molecule has 0 atom stereocenters. The number of hydrogen-bond acceptors (Lipinski definition) is 3. The number of ketones is 1. The number of aliphatic hydroxyl groups is 1. The molecule has 0 aromatic rings. The molecule has 0 unspecified atom stereocenters. The molecule has 0 heterocycles. The fraction of sp³-hybridized carbons (Fsp3) is 0.688. The summed E-state index contributed by atoms with van der Waals surface area (Å²) < 4.78 is 0. The van der Waals surface area contributed by atoms with Gasteiger partial charge >= 0.3 is 0 Å². The van der Waals surface area contributed by atoms with Crippen LogP contribution in [0, 0.1) is 5.41 Å². The van der Waals surface area contributed by atoms with Crippen LogP contribution >= 0.6 is 12.2 Å². The van der Waals surface area contributed by atoms with Crippen molar-refractivity contribution in [1.29, 1.82) is 0 Å². The predicted molar refractivity (Wildman–Crippen MR) is 88.8 cm³/mol. The van der Waals surface area contributed by atoms with Gasteiger partial charge < -0.3 is 10.4 Å². The second kappa shape index (κ2) is 6.69. The standard InChI is InChI=1S/C16H24N2O2S/c1-16(2)8-13(19)12(14(20)9-16)10-17-15(21)18-11-6-4-3-5-7-11/h10-11,19H,3-9H2,1-2H3,(H,18,21)/b17-10+. The highest BCUT2D eigenvalue weighted by Crippen LogP contribution is 2.35. The minimum absolute atomic E-state index is 0.0621. The zero-order valence-corrected chi connectivity index (χ0v) is 13.6. The summed E-state index contributed by atoms with van der Waals surface area (Å²) in [5, 5.41) is 13.6. The third-order valence-electron chi connectivity index (χ3n) is 4.14. The lowest BCUT2D eigenvalue weighted by Crippen LogP contribution is -2.34. The highest BCUT2D eigenvalue weighted by molar-refractivity contribution is 7.80. The Morgan fingerprint density at radius 1 is 1.33 bits per heavy atom. The van der Waals surface area contributed by atoms with Crippen LogP contribution in [-0.2, 0) is 4.79 Å². The lowest BCUT2D eigenvalue weighted by molar-refractivity contribution is -0.117. The third-order valence-corrected chi connectivity index (χ3v) is 4.36. The molecule has 1 fully saturated rings. The van der Waals surface area contributed by atoms with Crippen LogP contribution in [0.3, 0.4) is 0 Å². The van der Waals surface area contributed by atoms with Crippen molar-refractivity contribution in [2.24, 2.45) is 10.4 Å². The summed E-state index contributed by atoms with van der Waals surface area (Å²) in [6, 6.07) is 0.395. The molecule has 5 heteroatoms. The lowest BCUT2D eigenvalue weighted by atomic mass is 9.77. The van der Waals surface area contributed by atoms with Crippen molar-refractivity contribution in [2.75, 3.05) is 0 Å². The molecule has 2 N–H and O–H groups in total. The highest BCUT2D eigenvalue weighted by atomic mass is 32.1. The molecule has 0 spiro atoms. The van der Waals surface area contributed by atoms with E-state index in [4.69, 9.17) is 12.2 Å². The SMILES string of the molecule is CC1(C)CC(=O)C(/C=N/C(=S)NC2CCCCC2)=C(O)C1. The quantitative estimate of drug-likeness (QED) is 0.606. The Labute approximate surface area is 131 Å². The third kappa shape index (κ3) is 4.63. The summed E-state index contributed by atoms with van der Waals surface area (Å²) in [6.45, 7) is 3.95. The van der Waals surface area contributed by atoms with Crippen molar-refractivity contribution in [3.63, 3.8) is 0 Å². The molecule has 2 rings (SSSR count). The molecule has 0 aromatic carbocycles. The molecule has 0 aliphatic heterocycles. The zero-order valence-electron chi connectivity index (χ0n) is 12.8. The van der Waals surface area contributed by atoms with Gasteiger partial charge in [0.05, 0.1) is 5.57 Å². The van der Waals surface area contributed by atoms with Crippen LogP contribution in [0.5, 0.6) is 0 Å². The van der Waals surface area contributed by atoms with Crippen molar-refractivity contribution >= 4 is 29.3 Å². The number of hydrogen-bond donors (Lipinski definition) is 2. The van der Waals surface area contributed by atoms with Crippen molar-refractivity contribution < 1.29 is 9.90 Å². The molecule has 4 nitrogen and oxygen atoms in total. The van der Waals surface area contributed by atoms with Crippen LogP contribution in [0.2, 0.25) is 0 Å². The molecule has 2 aliphatic rings. The second-order valence-electron chi connectivity index (χ2n) is 6.84. The van der Waals surface area contributed by atoms with Gasteiger partial charge in [-0.1, -0.05) is 33.1 Å². The minimum atomic E-state index is -0.181. The smallest absolute Gasteiger partial charge is 0.192 e. The van der Waals surface area contributed by atoms with E-state index in [2.05, 4.69) is 10.3 Å². The fourth-order valence-electron chi connectivity index (χ4n) is 3.03. The van der Waals surface area contributed by atoms with Crippen LogP contribution in [0.15, 0.2) is 16.3 Å². The number of rotatable bonds is 2. The number of carbonyl (C=O) groups is 1. The number of aliphatic hydroxyl groups excluding tert-OH is 1. The number of allylic oxidation sites excluding steroid dienone is 2. The van der Waals surface area contributed by atoms with Crippen molar-refractivity contribution in [3.8, 4) is 0 Å². The molecular weight excluding hydrogens is 284 g/mol. The van der Waals surface area contributed by atoms with Gasteiger partial charge in [-0.3, -0.25) is 4.79 Å². The molecule has 1 saturated carbocycles. The number of carbonyl (C=O) groups excluding carboxylic acids is 1. The van der Waals surface area contributed by atoms with Gasteiger partial charge in [-0.2, -0.15) is 0 Å². The molecule has 116 valence electrons. The van der Waals surface area contributed by atoms with Crippen LogP contribution in [0.4, 0.5) is 0 Å². The van der Waals surface area contributed by atoms with E-state index in [0.717, 1.165) is 12.8 Å². The molecule has 0 saturated heterocycles. The maximum atomic E-state index is 12.1. The Morgan fingerprint density at radius 2 is 2.00 bits per heavy atom. The van der Waals surface area contributed by atoms with Crippen LogP contribution in [-0.4, -0.2) is 28.3 Å². The second-order valence-corrected chi connectivity index (χ2v) is 7.23. The van der Waals surface area contributed by atoms with Crippen LogP contribution in [0.25, 0.3) is 0 Å².